The van der Waals surface area contributed by atoms with E-state index in [2.05, 4.69) is 15.9 Å². The summed E-state index contributed by atoms with van der Waals surface area (Å²) < 4.78 is 20.2. The van der Waals surface area contributed by atoms with Crippen LogP contribution in [0.25, 0.3) is 11.6 Å². The second-order valence-electron chi connectivity index (χ2n) is 5.01. The van der Waals surface area contributed by atoms with Gasteiger partial charge in [0.2, 0.25) is 0 Å². The Bertz CT molecular complexity index is 747. The van der Waals surface area contributed by atoms with Gasteiger partial charge < -0.3 is 4.74 Å². The Morgan fingerprint density at radius 1 is 1.27 bits per heavy atom. The maximum Gasteiger partial charge on any atom is 0.133 e. The first-order valence-corrected chi connectivity index (χ1v) is 7.63. The average Bonchev–Trinajstić information content (AvgIpc) is 2.48. The fourth-order valence-corrected chi connectivity index (χ4v) is 2.46. The maximum absolute atomic E-state index is 13.8. The fraction of sp³-hybridized carbons (Fsp3) is 0.167. The topological polar surface area (TPSA) is 33.0 Å². The van der Waals surface area contributed by atoms with E-state index in [-0.39, 0.29) is 11.7 Å². The van der Waals surface area contributed by atoms with E-state index in [0.717, 1.165) is 15.8 Å². The Hall–Kier alpha value is -2.12. The number of halogens is 2. The number of nitrogens with zero attached hydrogens (tertiary/aromatic N) is 1. The number of hydrogen-bond donors (Lipinski definition) is 0. The van der Waals surface area contributed by atoms with Crippen molar-refractivity contribution in [2.75, 3.05) is 0 Å². The van der Waals surface area contributed by atoms with E-state index in [1.807, 2.05) is 38.1 Å². The molecule has 0 aliphatic carbocycles. The molecule has 0 aliphatic rings. The summed E-state index contributed by atoms with van der Waals surface area (Å²) in [6, 6.07) is 13.8. The largest absolute Gasteiger partial charge is 0.490 e. The normalized spacial score (nSPS) is 11.4. The van der Waals surface area contributed by atoms with Gasteiger partial charge in [0.25, 0.3) is 0 Å². The lowest BCUT2D eigenvalue weighted by atomic mass is 10.0. The first kappa shape index (κ1) is 16.3. The van der Waals surface area contributed by atoms with E-state index >= 15 is 0 Å². The zero-order valence-electron chi connectivity index (χ0n) is 12.3. The van der Waals surface area contributed by atoms with Crippen LogP contribution in [0.2, 0.25) is 0 Å². The minimum absolute atomic E-state index is 0.0748. The van der Waals surface area contributed by atoms with E-state index in [0.29, 0.717) is 5.56 Å². The van der Waals surface area contributed by atoms with Crippen molar-refractivity contribution < 1.29 is 9.13 Å². The van der Waals surface area contributed by atoms with Crippen LogP contribution >= 0.6 is 15.9 Å². The Balaban J connectivity index is 2.37. The number of rotatable bonds is 4. The molecular formula is C18H15BrFNO. The van der Waals surface area contributed by atoms with Crippen LogP contribution in [-0.4, -0.2) is 6.10 Å². The van der Waals surface area contributed by atoms with Gasteiger partial charge in [0, 0.05) is 5.56 Å². The number of allylic oxidation sites excluding steroid dienone is 1. The molecule has 2 nitrogen and oxygen atoms in total. The summed E-state index contributed by atoms with van der Waals surface area (Å²) >= 11 is 3.45. The average molecular weight is 360 g/mol. The van der Waals surface area contributed by atoms with Gasteiger partial charge in [-0.05, 0) is 59.6 Å². The third-order valence-corrected chi connectivity index (χ3v) is 3.53. The molecule has 112 valence electrons. The summed E-state index contributed by atoms with van der Waals surface area (Å²) in [5, 5.41) is 9.29. The summed E-state index contributed by atoms with van der Waals surface area (Å²) in [7, 11) is 0. The molecule has 22 heavy (non-hydrogen) atoms. The van der Waals surface area contributed by atoms with Crippen LogP contribution in [0.3, 0.4) is 0 Å². The van der Waals surface area contributed by atoms with Crippen LogP contribution in [0, 0.1) is 17.1 Å². The van der Waals surface area contributed by atoms with Crippen molar-refractivity contribution in [1.29, 1.82) is 5.26 Å². The molecule has 0 bridgehead atoms. The van der Waals surface area contributed by atoms with Gasteiger partial charge >= 0.3 is 0 Å². The minimum Gasteiger partial charge on any atom is -0.490 e. The predicted octanol–water partition coefficient (Wildman–Crippen LogP) is 5.44. The fourth-order valence-electron chi connectivity index (χ4n) is 1.97. The van der Waals surface area contributed by atoms with Gasteiger partial charge in [-0.3, -0.25) is 0 Å². The molecule has 0 saturated carbocycles. The van der Waals surface area contributed by atoms with Crippen LogP contribution in [0.1, 0.15) is 25.0 Å². The van der Waals surface area contributed by atoms with Crippen molar-refractivity contribution in [3.8, 4) is 11.8 Å². The molecule has 0 spiro atoms. The molecule has 0 N–H and O–H groups in total. The van der Waals surface area contributed by atoms with Crippen molar-refractivity contribution in [2.45, 2.75) is 20.0 Å². The van der Waals surface area contributed by atoms with E-state index in [1.54, 1.807) is 24.3 Å². The van der Waals surface area contributed by atoms with Gasteiger partial charge in [-0.1, -0.05) is 24.3 Å². The third kappa shape index (κ3) is 3.96. The lowest BCUT2D eigenvalue weighted by molar-refractivity contribution is 0.241. The summed E-state index contributed by atoms with van der Waals surface area (Å²) in [6.07, 6.45) is 1.73. The maximum atomic E-state index is 13.8. The van der Waals surface area contributed by atoms with Crippen molar-refractivity contribution in [3.05, 3.63) is 63.9 Å². The molecular weight excluding hydrogens is 345 g/mol. The number of nitriles is 1. The van der Waals surface area contributed by atoms with Crippen LogP contribution < -0.4 is 4.74 Å². The number of benzene rings is 2. The zero-order chi connectivity index (χ0) is 16.1. The molecule has 0 amide bonds. The predicted molar refractivity (Wildman–Crippen MR) is 89.8 cm³/mol. The molecule has 2 aromatic carbocycles. The van der Waals surface area contributed by atoms with E-state index in [4.69, 9.17) is 4.74 Å². The highest BCUT2D eigenvalue weighted by Crippen LogP contribution is 2.29. The van der Waals surface area contributed by atoms with Crippen molar-refractivity contribution in [3.63, 3.8) is 0 Å². The van der Waals surface area contributed by atoms with Gasteiger partial charge in [0.15, 0.2) is 0 Å². The molecule has 2 aromatic rings. The second kappa shape index (κ2) is 7.24. The summed E-state index contributed by atoms with van der Waals surface area (Å²) in [4.78, 5) is 0. The van der Waals surface area contributed by atoms with Gasteiger partial charge in [0.1, 0.15) is 11.6 Å². The lowest BCUT2D eigenvalue weighted by Gasteiger charge is -2.11. The first-order valence-electron chi connectivity index (χ1n) is 6.84. The first-order chi connectivity index (χ1) is 10.5. The van der Waals surface area contributed by atoms with E-state index < -0.39 is 5.82 Å². The summed E-state index contributed by atoms with van der Waals surface area (Å²) in [6.45, 7) is 3.90. The SMILES string of the molecule is CC(C)Oc1ccc(C=C(C#N)c2ccccc2F)cc1Br. The van der Waals surface area contributed by atoms with Gasteiger partial charge in [-0.2, -0.15) is 5.26 Å². The number of ether oxygens (including phenoxy) is 1. The lowest BCUT2D eigenvalue weighted by Crippen LogP contribution is -2.05. The molecule has 0 fully saturated rings. The van der Waals surface area contributed by atoms with Crippen molar-refractivity contribution in [2.24, 2.45) is 0 Å². The van der Waals surface area contributed by atoms with Crippen molar-refractivity contribution >= 4 is 27.6 Å². The molecule has 0 unspecified atom stereocenters. The van der Waals surface area contributed by atoms with Gasteiger partial charge in [-0.15, -0.1) is 0 Å². The summed E-state index contributed by atoms with van der Waals surface area (Å²) in [5.74, 6) is 0.325. The van der Waals surface area contributed by atoms with Gasteiger partial charge in [0.05, 0.1) is 22.2 Å². The highest BCUT2D eigenvalue weighted by Gasteiger charge is 2.08. The van der Waals surface area contributed by atoms with Crippen LogP contribution in [0.15, 0.2) is 46.9 Å². The van der Waals surface area contributed by atoms with Crippen molar-refractivity contribution in [1.82, 2.24) is 0 Å². The molecule has 0 heterocycles. The Morgan fingerprint density at radius 2 is 2.00 bits per heavy atom. The molecule has 0 atom stereocenters. The molecule has 4 heteroatoms. The highest BCUT2D eigenvalue weighted by atomic mass is 79.9. The molecule has 0 aliphatic heterocycles. The Labute approximate surface area is 138 Å². The zero-order valence-corrected chi connectivity index (χ0v) is 13.9. The molecule has 0 radical (unpaired) electrons. The van der Waals surface area contributed by atoms with Gasteiger partial charge in [-0.25, -0.2) is 4.39 Å². The number of hydrogen-bond acceptors (Lipinski definition) is 2. The Morgan fingerprint density at radius 3 is 2.59 bits per heavy atom. The van der Waals surface area contributed by atoms with Crippen LogP contribution in [-0.2, 0) is 0 Å². The smallest absolute Gasteiger partial charge is 0.133 e. The molecule has 2 rings (SSSR count). The van der Waals surface area contributed by atoms with Crippen LogP contribution in [0.5, 0.6) is 5.75 Å². The molecule has 0 saturated heterocycles. The Kier molecular flexibility index (Phi) is 5.35. The van der Waals surface area contributed by atoms with E-state index in [9.17, 15) is 9.65 Å². The monoisotopic (exact) mass is 359 g/mol. The third-order valence-electron chi connectivity index (χ3n) is 2.91. The standard InChI is InChI=1S/C18H15BrFNO/c1-12(2)22-18-8-7-13(10-16(18)19)9-14(11-21)15-5-3-4-6-17(15)20/h3-10,12H,1-2H3. The summed E-state index contributed by atoms with van der Waals surface area (Å²) in [5.41, 5.74) is 1.37. The van der Waals surface area contributed by atoms with E-state index in [1.165, 1.54) is 6.07 Å². The second-order valence-corrected chi connectivity index (χ2v) is 5.86. The highest BCUT2D eigenvalue weighted by molar-refractivity contribution is 9.10. The quantitative estimate of drug-likeness (QED) is 0.537. The van der Waals surface area contributed by atoms with Crippen LogP contribution in [0.4, 0.5) is 4.39 Å². The molecule has 0 aromatic heterocycles. The minimum atomic E-state index is -0.408.